The second-order valence-electron chi connectivity index (χ2n) is 1.51. The number of nitrogens with two attached hydrogens (primary N) is 1. The molecular formula is C4H5F3N2. The summed E-state index contributed by atoms with van der Waals surface area (Å²) >= 11 is 0. The first-order valence-corrected chi connectivity index (χ1v) is 2.17. The maximum atomic E-state index is 11.4. The minimum Gasteiger partial charge on any atom is -0.319 e. The summed E-state index contributed by atoms with van der Waals surface area (Å²) in [5.41, 5.74) is 4.51. The zero-order valence-electron chi connectivity index (χ0n) is 4.44. The van der Waals surface area contributed by atoms with E-state index in [2.05, 4.69) is 5.73 Å². The van der Waals surface area contributed by atoms with Crippen LogP contribution in [0.3, 0.4) is 0 Å². The molecule has 0 aliphatic carbocycles. The molecule has 0 aromatic heterocycles. The Morgan fingerprint density at radius 2 is 2.00 bits per heavy atom. The van der Waals surface area contributed by atoms with Gasteiger partial charge in [-0.05, 0) is 0 Å². The highest BCUT2D eigenvalue weighted by molar-refractivity contribution is 4.82. The van der Waals surface area contributed by atoms with Gasteiger partial charge in [-0.2, -0.15) is 18.4 Å². The predicted octanol–water partition coefficient (Wildman–Crippen LogP) is 0.790. The zero-order chi connectivity index (χ0) is 7.49. The predicted molar refractivity (Wildman–Crippen MR) is 24.3 cm³/mol. The van der Waals surface area contributed by atoms with Crippen molar-refractivity contribution >= 4 is 0 Å². The molecule has 0 heterocycles. The van der Waals surface area contributed by atoms with Crippen LogP contribution in [0.5, 0.6) is 0 Å². The first-order chi connectivity index (χ1) is 3.98. The number of hydrogen-bond acceptors (Lipinski definition) is 2. The normalized spacial score (nSPS) is 14.6. The third-order valence-corrected chi connectivity index (χ3v) is 0.732. The van der Waals surface area contributed by atoms with Crippen LogP contribution in [0.1, 0.15) is 6.42 Å². The molecule has 0 aromatic rings. The van der Waals surface area contributed by atoms with Crippen molar-refractivity contribution in [3.05, 3.63) is 0 Å². The fourth-order valence-corrected chi connectivity index (χ4v) is 0.214. The lowest BCUT2D eigenvalue weighted by Crippen LogP contribution is -2.36. The summed E-state index contributed by atoms with van der Waals surface area (Å²) in [7, 11) is 0. The second-order valence-corrected chi connectivity index (χ2v) is 1.51. The average Bonchev–Trinajstić information content (AvgIpc) is 1.64. The summed E-state index contributed by atoms with van der Waals surface area (Å²) in [5, 5.41) is 7.77. The summed E-state index contributed by atoms with van der Waals surface area (Å²) in [5.74, 6) is 0. The molecule has 0 aliphatic rings. The Hall–Kier alpha value is -0.760. The molecule has 0 spiro atoms. The smallest absolute Gasteiger partial charge is 0.319 e. The highest BCUT2D eigenvalue weighted by Gasteiger charge is 2.36. The summed E-state index contributed by atoms with van der Waals surface area (Å²) in [4.78, 5) is 0. The highest BCUT2D eigenvalue weighted by atomic mass is 19.4. The Balaban J connectivity index is 3.76. The zero-order valence-corrected chi connectivity index (χ0v) is 4.44. The molecule has 0 unspecified atom stereocenters. The van der Waals surface area contributed by atoms with Crippen molar-refractivity contribution < 1.29 is 13.2 Å². The number of nitriles is 1. The van der Waals surface area contributed by atoms with E-state index in [4.69, 9.17) is 5.26 Å². The van der Waals surface area contributed by atoms with E-state index < -0.39 is 18.6 Å². The lowest BCUT2D eigenvalue weighted by atomic mass is 10.2. The van der Waals surface area contributed by atoms with Gasteiger partial charge in [0, 0.05) is 0 Å². The van der Waals surface area contributed by atoms with Crippen LogP contribution in [0.25, 0.3) is 0 Å². The second kappa shape index (κ2) is 2.69. The molecule has 0 aromatic carbocycles. The molecule has 0 bridgehead atoms. The monoisotopic (exact) mass is 138 g/mol. The summed E-state index contributed by atoms with van der Waals surface area (Å²) in [6.07, 6.45) is -5.11. The highest BCUT2D eigenvalue weighted by Crippen LogP contribution is 2.19. The first kappa shape index (κ1) is 8.24. The van der Waals surface area contributed by atoms with E-state index >= 15 is 0 Å². The Labute approximate surface area is 50.1 Å². The van der Waals surface area contributed by atoms with Crippen molar-refractivity contribution in [1.29, 1.82) is 5.26 Å². The van der Waals surface area contributed by atoms with Crippen molar-refractivity contribution in [2.75, 3.05) is 0 Å². The Morgan fingerprint density at radius 3 is 2.11 bits per heavy atom. The number of halogens is 3. The largest absolute Gasteiger partial charge is 0.404 e. The molecule has 52 valence electrons. The molecule has 5 heteroatoms. The van der Waals surface area contributed by atoms with Gasteiger partial charge in [-0.25, -0.2) is 0 Å². The number of hydrogen-bond donors (Lipinski definition) is 1. The summed E-state index contributed by atoms with van der Waals surface area (Å²) < 4.78 is 34.1. The number of alkyl halides is 3. The van der Waals surface area contributed by atoms with Crippen LogP contribution in [-0.4, -0.2) is 12.2 Å². The van der Waals surface area contributed by atoms with E-state index in [-0.39, 0.29) is 0 Å². The van der Waals surface area contributed by atoms with Crippen molar-refractivity contribution in [2.24, 2.45) is 5.73 Å². The molecule has 0 fully saturated rings. The topological polar surface area (TPSA) is 49.8 Å². The van der Waals surface area contributed by atoms with E-state index in [9.17, 15) is 13.2 Å². The standard InChI is InChI=1S/C4H5F3N2/c5-4(6,7)3(9)1-2-8/h3H,1,9H2/t3-/m0/s1. The van der Waals surface area contributed by atoms with Gasteiger partial charge in [0.05, 0.1) is 12.5 Å². The van der Waals surface area contributed by atoms with Gasteiger partial charge < -0.3 is 5.73 Å². The van der Waals surface area contributed by atoms with Crippen molar-refractivity contribution in [3.8, 4) is 6.07 Å². The van der Waals surface area contributed by atoms with Gasteiger partial charge in [0.2, 0.25) is 0 Å². The third kappa shape index (κ3) is 2.93. The molecule has 2 nitrogen and oxygen atoms in total. The minimum atomic E-state index is -4.43. The molecule has 0 saturated carbocycles. The quantitative estimate of drug-likeness (QED) is 0.582. The molecule has 1 atom stereocenters. The third-order valence-electron chi connectivity index (χ3n) is 0.732. The van der Waals surface area contributed by atoms with Gasteiger partial charge in [-0.3, -0.25) is 0 Å². The Kier molecular flexibility index (Phi) is 2.46. The number of nitrogens with zero attached hydrogens (tertiary/aromatic N) is 1. The average molecular weight is 138 g/mol. The van der Waals surface area contributed by atoms with Crippen molar-refractivity contribution in [1.82, 2.24) is 0 Å². The maximum absolute atomic E-state index is 11.4. The van der Waals surface area contributed by atoms with Crippen molar-refractivity contribution in [3.63, 3.8) is 0 Å². The van der Waals surface area contributed by atoms with Gasteiger partial charge in [-0.15, -0.1) is 0 Å². The SMILES string of the molecule is N#CC[C@H](N)C(F)(F)F. The van der Waals surface area contributed by atoms with Crippen LogP contribution < -0.4 is 5.73 Å². The van der Waals surface area contributed by atoms with E-state index in [1.807, 2.05) is 0 Å². The van der Waals surface area contributed by atoms with Crippen LogP contribution in [0.15, 0.2) is 0 Å². The van der Waals surface area contributed by atoms with Gasteiger partial charge in [0.15, 0.2) is 0 Å². The van der Waals surface area contributed by atoms with Crippen LogP contribution in [-0.2, 0) is 0 Å². The molecule has 0 aliphatic heterocycles. The van der Waals surface area contributed by atoms with Gasteiger partial charge >= 0.3 is 6.18 Å². The maximum Gasteiger partial charge on any atom is 0.404 e. The van der Waals surface area contributed by atoms with Gasteiger partial charge in [0.1, 0.15) is 6.04 Å². The fraction of sp³-hybridized carbons (Fsp3) is 0.750. The Morgan fingerprint density at radius 1 is 1.56 bits per heavy atom. The molecule has 9 heavy (non-hydrogen) atoms. The van der Waals surface area contributed by atoms with Crippen LogP contribution in [0, 0.1) is 11.3 Å². The molecule has 0 amide bonds. The lowest BCUT2D eigenvalue weighted by molar-refractivity contribution is -0.146. The minimum absolute atomic E-state index is 0.677. The lowest BCUT2D eigenvalue weighted by Gasteiger charge is -2.10. The van der Waals surface area contributed by atoms with Gasteiger partial charge in [-0.1, -0.05) is 0 Å². The summed E-state index contributed by atoms with van der Waals surface area (Å²) in [6, 6.07) is -0.669. The molecule has 0 rings (SSSR count). The molecular weight excluding hydrogens is 133 g/mol. The van der Waals surface area contributed by atoms with Crippen molar-refractivity contribution in [2.45, 2.75) is 18.6 Å². The van der Waals surface area contributed by atoms with Crippen LogP contribution >= 0.6 is 0 Å². The first-order valence-electron chi connectivity index (χ1n) is 2.17. The number of rotatable bonds is 1. The van der Waals surface area contributed by atoms with Crippen LogP contribution in [0.4, 0.5) is 13.2 Å². The summed E-state index contributed by atoms with van der Waals surface area (Å²) in [6.45, 7) is 0. The van der Waals surface area contributed by atoms with E-state index in [0.29, 0.717) is 0 Å². The Bertz CT molecular complexity index is 123. The molecule has 2 N–H and O–H groups in total. The van der Waals surface area contributed by atoms with E-state index in [1.54, 1.807) is 0 Å². The van der Waals surface area contributed by atoms with Gasteiger partial charge in [0.25, 0.3) is 0 Å². The molecule has 0 radical (unpaired) electrons. The van der Waals surface area contributed by atoms with Crippen LogP contribution in [0.2, 0.25) is 0 Å². The fourth-order valence-electron chi connectivity index (χ4n) is 0.214. The molecule has 0 saturated heterocycles. The van der Waals surface area contributed by atoms with E-state index in [1.165, 1.54) is 6.07 Å². The van der Waals surface area contributed by atoms with E-state index in [0.717, 1.165) is 0 Å².